The molecule has 1 fully saturated rings. The van der Waals surface area contributed by atoms with Gasteiger partial charge < -0.3 is 5.11 Å². The van der Waals surface area contributed by atoms with Crippen LogP contribution >= 0.6 is 27.5 Å². The molecule has 1 heterocycles. The smallest absolute Gasteiger partial charge is 0.119 e. The Balaban J connectivity index is 2.06. The number of likely N-dealkylation sites (tertiary alicyclic amines) is 1. The molecule has 1 saturated heterocycles. The molecular weight excluding hydrogens is 350 g/mol. The molecule has 0 radical (unpaired) electrons. The van der Waals surface area contributed by atoms with Gasteiger partial charge in [-0.3, -0.25) is 4.90 Å². The molecule has 4 heteroatoms. The van der Waals surface area contributed by atoms with Crippen LogP contribution < -0.4 is 0 Å². The topological polar surface area (TPSA) is 23.5 Å². The number of hydrogen-bond donors (Lipinski definition) is 1. The Morgan fingerprint density at radius 2 is 1.95 bits per heavy atom. The minimum Gasteiger partial charge on any atom is -0.508 e. The molecule has 0 aliphatic carbocycles. The number of nitrogens with zero attached hydrogens (tertiary/aromatic N) is 1. The monoisotopic (exact) mass is 365 g/mol. The molecule has 3 rings (SSSR count). The van der Waals surface area contributed by atoms with Crippen molar-refractivity contribution in [1.29, 1.82) is 0 Å². The fourth-order valence-electron chi connectivity index (χ4n) is 3.26. The van der Waals surface area contributed by atoms with E-state index in [1.54, 1.807) is 12.1 Å². The average Bonchev–Trinajstić information content (AvgIpc) is 2.84. The molecule has 0 spiro atoms. The van der Waals surface area contributed by atoms with Crippen LogP contribution in [0.1, 0.15) is 29.5 Å². The number of benzene rings is 2. The van der Waals surface area contributed by atoms with Gasteiger partial charge in [0, 0.05) is 27.0 Å². The van der Waals surface area contributed by atoms with Gasteiger partial charge in [-0.2, -0.15) is 0 Å². The van der Waals surface area contributed by atoms with Crippen LogP contribution in [0.15, 0.2) is 46.9 Å². The molecule has 2 atom stereocenters. The van der Waals surface area contributed by atoms with E-state index < -0.39 is 0 Å². The Morgan fingerprint density at radius 1 is 1.19 bits per heavy atom. The van der Waals surface area contributed by atoms with Gasteiger partial charge in [0.25, 0.3) is 0 Å². The second-order valence-electron chi connectivity index (χ2n) is 5.55. The minimum atomic E-state index is 0.241. The van der Waals surface area contributed by atoms with E-state index >= 15 is 0 Å². The molecule has 2 nitrogen and oxygen atoms in total. The quantitative estimate of drug-likeness (QED) is 0.811. The second-order valence-corrected chi connectivity index (χ2v) is 6.84. The third kappa shape index (κ3) is 2.83. The first-order chi connectivity index (χ1) is 10.1. The number of rotatable bonds is 2. The minimum absolute atomic E-state index is 0.241. The number of aromatic hydroxyl groups is 1. The van der Waals surface area contributed by atoms with Crippen molar-refractivity contribution in [2.24, 2.45) is 0 Å². The highest BCUT2D eigenvalue weighted by Crippen LogP contribution is 2.47. The van der Waals surface area contributed by atoms with Crippen LogP contribution in [0.25, 0.3) is 0 Å². The first-order valence-corrected chi connectivity index (χ1v) is 8.18. The van der Waals surface area contributed by atoms with Crippen molar-refractivity contribution in [3.8, 4) is 5.75 Å². The van der Waals surface area contributed by atoms with Crippen molar-refractivity contribution in [2.75, 3.05) is 13.6 Å². The van der Waals surface area contributed by atoms with E-state index in [9.17, 15) is 5.11 Å². The van der Waals surface area contributed by atoms with Crippen molar-refractivity contribution >= 4 is 27.5 Å². The number of phenolic OH excluding ortho intramolecular Hbond substituents is 1. The first kappa shape index (κ1) is 14.9. The maximum absolute atomic E-state index is 10.2. The molecule has 0 unspecified atom stereocenters. The van der Waals surface area contributed by atoms with Gasteiger partial charge in [0.1, 0.15) is 5.75 Å². The van der Waals surface area contributed by atoms with Crippen LogP contribution in [0.4, 0.5) is 0 Å². The summed E-state index contributed by atoms with van der Waals surface area (Å²) in [6.45, 7) is 1.00. The summed E-state index contributed by atoms with van der Waals surface area (Å²) in [5.41, 5.74) is 2.19. The number of phenols is 1. The Bertz CT molecular complexity index is 661. The largest absolute Gasteiger partial charge is 0.508 e. The summed E-state index contributed by atoms with van der Waals surface area (Å²) >= 11 is 9.77. The molecule has 110 valence electrons. The van der Waals surface area contributed by atoms with Crippen LogP contribution in [0.5, 0.6) is 5.75 Å². The molecule has 1 aliphatic heterocycles. The lowest BCUT2D eigenvalue weighted by atomic mass is 9.87. The fraction of sp³-hybridized carbons (Fsp3) is 0.294. The van der Waals surface area contributed by atoms with Gasteiger partial charge in [0.2, 0.25) is 0 Å². The molecule has 21 heavy (non-hydrogen) atoms. The molecule has 2 aromatic carbocycles. The summed E-state index contributed by atoms with van der Waals surface area (Å²) in [5, 5.41) is 10.9. The maximum Gasteiger partial charge on any atom is 0.119 e. The molecule has 0 amide bonds. The lowest BCUT2D eigenvalue weighted by Crippen LogP contribution is -2.21. The van der Waals surface area contributed by atoms with E-state index in [2.05, 4.69) is 46.1 Å². The first-order valence-electron chi connectivity index (χ1n) is 7.01. The highest BCUT2D eigenvalue weighted by Gasteiger charge is 2.36. The second kappa shape index (κ2) is 5.99. The Kier molecular flexibility index (Phi) is 4.25. The van der Waals surface area contributed by atoms with Crippen LogP contribution in [-0.4, -0.2) is 23.6 Å². The van der Waals surface area contributed by atoms with Crippen molar-refractivity contribution < 1.29 is 5.11 Å². The number of hydrogen-bond acceptors (Lipinski definition) is 2. The summed E-state index contributed by atoms with van der Waals surface area (Å²) in [5.74, 6) is 0.573. The molecule has 2 aromatic rings. The standard InChI is InChI=1S/C17H17BrClNO/c1-20-9-8-12(14-10-11(19)6-7-16(14)21)17(20)13-4-2-3-5-15(13)18/h2-7,10,12,17,21H,8-9H2,1H3/t12-,17+/m0/s1. The predicted octanol–water partition coefficient (Wildman–Crippen LogP) is 4.97. The van der Waals surface area contributed by atoms with E-state index in [1.165, 1.54) is 5.56 Å². The molecular formula is C17H17BrClNO. The number of likely N-dealkylation sites (N-methyl/N-ethyl adjacent to an activating group) is 1. The van der Waals surface area contributed by atoms with Crippen molar-refractivity contribution in [2.45, 2.75) is 18.4 Å². The maximum atomic E-state index is 10.2. The van der Waals surface area contributed by atoms with Gasteiger partial charge >= 0.3 is 0 Å². The van der Waals surface area contributed by atoms with Gasteiger partial charge in [-0.1, -0.05) is 45.7 Å². The van der Waals surface area contributed by atoms with Gasteiger partial charge in [-0.15, -0.1) is 0 Å². The summed E-state index contributed by atoms with van der Waals surface area (Å²) in [7, 11) is 2.13. The number of halogens is 2. The van der Waals surface area contributed by atoms with Gasteiger partial charge in [0.15, 0.2) is 0 Å². The third-order valence-electron chi connectivity index (χ3n) is 4.26. The Hall–Kier alpha value is -1.03. The molecule has 0 saturated carbocycles. The van der Waals surface area contributed by atoms with Crippen molar-refractivity contribution in [3.05, 3.63) is 63.1 Å². The lowest BCUT2D eigenvalue weighted by Gasteiger charge is -2.27. The highest BCUT2D eigenvalue weighted by atomic mass is 79.9. The zero-order valence-electron chi connectivity index (χ0n) is 11.8. The molecule has 1 aliphatic rings. The van der Waals surface area contributed by atoms with Crippen molar-refractivity contribution in [1.82, 2.24) is 4.90 Å². The van der Waals surface area contributed by atoms with E-state index in [-0.39, 0.29) is 12.0 Å². The van der Waals surface area contributed by atoms with Gasteiger partial charge in [-0.25, -0.2) is 0 Å². The van der Waals surface area contributed by atoms with E-state index in [1.807, 2.05) is 12.1 Å². The van der Waals surface area contributed by atoms with Crippen LogP contribution in [-0.2, 0) is 0 Å². The zero-order chi connectivity index (χ0) is 15.0. The zero-order valence-corrected chi connectivity index (χ0v) is 14.1. The van der Waals surface area contributed by atoms with Crippen LogP contribution in [0, 0.1) is 0 Å². The summed E-state index contributed by atoms with van der Waals surface area (Å²) in [6, 6.07) is 13.8. The van der Waals surface area contributed by atoms with Crippen LogP contribution in [0.3, 0.4) is 0 Å². The van der Waals surface area contributed by atoms with Crippen LogP contribution in [0.2, 0.25) is 5.02 Å². The predicted molar refractivity (Wildman–Crippen MR) is 90.0 cm³/mol. The third-order valence-corrected chi connectivity index (χ3v) is 5.22. The fourth-order valence-corrected chi connectivity index (χ4v) is 3.96. The molecule has 0 bridgehead atoms. The van der Waals surface area contributed by atoms with E-state index in [0.717, 1.165) is 23.0 Å². The molecule has 1 N–H and O–H groups in total. The van der Waals surface area contributed by atoms with E-state index in [0.29, 0.717) is 10.8 Å². The normalized spacial score (nSPS) is 22.6. The SMILES string of the molecule is CN1CC[C@@H](c2cc(Cl)ccc2O)[C@@H]1c1ccccc1Br. The summed E-state index contributed by atoms with van der Waals surface area (Å²) < 4.78 is 1.11. The molecule has 0 aromatic heterocycles. The van der Waals surface area contributed by atoms with Gasteiger partial charge in [-0.05, 0) is 49.8 Å². The Labute approximate surface area is 138 Å². The average molecular weight is 367 g/mol. The van der Waals surface area contributed by atoms with Gasteiger partial charge in [0.05, 0.1) is 0 Å². The lowest BCUT2D eigenvalue weighted by molar-refractivity contribution is 0.300. The Morgan fingerprint density at radius 3 is 2.71 bits per heavy atom. The summed E-state index contributed by atoms with van der Waals surface area (Å²) in [4.78, 5) is 2.34. The van der Waals surface area contributed by atoms with E-state index in [4.69, 9.17) is 11.6 Å². The highest BCUT2D eigenvalue weighted by molar-refractivity contribution is 9.10. The van der Waals surface area contributed by atoms with Crippen molar-refractivity contribution in [3.63, 3.8) is 0 Å². The summed E-state index contributed by atoms with van der Waals surface area (Å²) in [6.07, 6.45) is 1.01.